The number of allylic oxidation sites excluding steroid dienone is 10. The Morgan fingerprint density at radius 1 is 0.545 bits per heavy atom. The first-order valence-corrected chi connectivity index (χ1v) is 23.1. The lowest BCUT2D eigenvalue weighted by molar-refractivity contribution is -0.151. The Bertz CT molecular complexity index is 999. The molecule has 6 nitrogen and oxygen atoms in total. The molecule has 0 rings (SSSR count). The lowest BCUT2D eigenvalue weighted by Crippen LogP contribution is -2.46. The van der Waals surface area contributed by atoms with E-state index in [2.05, 4.69) is 56.5 Å². The van der Waals surface area contributed by atoms with E-state index in [0.29, 0.717) is 19.3 Å². The van der Waals surface area contributed by atoms with E-state index in [1.807, 2.05) is 30.4 Å². The van der Waals surface area contributed by atoms with Gasteiger partial charge in [-0.15, -0.1) is 0 Å². The molecule has 0 aromatic rings. The van der Waals surface area contributed by atoms with Crippen molar-refractivity contribution in [2.45, 2.75) is 232 Å². The van der Waals surface area contributed by atoms with Crippen LogP contribution in [0.5, 0.6) is 0 Å². The van der Waals surface area contributed by atoms with Gasteiger partial charge in [0.2, 0.25) is 5.91 Å². The van der Waals surface area contributed by atoms with Gasteiger partial charge in [-0.25, -0.2) is 0 Å². The molecule has 0 heterocycles. The van der Waals surface area contributed by atoms with Crippen LogP contribution in [0.4, 0.5) is 0 Å². The van der Waals surface area contributed by atoms with Crippen molar-refractivity contribution < 1.29 is 24.5 Å². The molecule has 0 bridgehead atoms. The van der Waals surface area contributed by atoms with E-state index < -0.39 is 18.2 Å². The molecule has 55 heavy (non-hydrogen) atoms. The Kier molecular flexibility index (Phi) is 40.8. The van der Waals surface area contributed by atoms with E-state index in [-0.39, 0.29) is 24.9 Å². The molecule has 0 saturated heterocycles. The molecule has 0 saturated carbocycles. The zero-order valence-electron chi connectivity index (χ0n) is 36.0. The standard InChI is InChI=1S/C49H87NO5/c1-4-7-10-13-16-19-22-24-27-30-33-36-39-42-49(54)55-45(40-37-34-31-28-25-21-18-15-12-9-6-3)43-48(53)50-46(44-51)47(52)41-38-35-32-29-26-23-20-17-14-11-8-5-2/h7,10,13,16,19,22,24,27-28,31,45-47,51-52H,4-6,8-9,11-12,14-15,17-18,20-21,23,25-26,29-30,32-44H2,1-3H3,(H,50,53)/b10-7+,16-13+,22-19-,27-24-,31-28-. The summed E-state index contributed by atoms with van der Waals surface area (Å²) in [7, 11) is 0. The van der Waals surface area contributed by atoms with Crippen LogP contribution in [0.3, 0.4) is 0 Å². The minimum absolute atomic E-state index is 0.0391. The quantitative estimate of drug-likeness (QED) is 0.0250. The van der Waals surface area contributed by atoms with Crippen molar-refractivity contribution in [3.05, 3.63) is 60.8 Å². The fourth-order valence-corrected chi connectivity index (χ4v) is 6.68. The molecule has 0 aliphatic rings. The lowest BCUT2D eigenvalue weighted by Gasteiger charge is -2.24. The monoisotopic (exact) mass is 770 g/mol. The highest BCUT2D eigenvalue weighted by Gasteiger charge is 2.24. The van der Waals surface area contributed by atoms with E-state index in [1.165, 1.54) is 96.3 Å². The SMILES string of the molecule is CC/C=C/C=C/C=C\C=C/CCCCCC(=O)OC(CCC/C=C\CCCCCCCC)CC(=O)NC(CO)C(O)CCCCCCCCCCCCCC. The predicted molar refractivity (Wildman–Crippen MR) is 236 cm³/mol. The van der Waals surface area contributed by atoms with Crippen LogP contribution in [0.1, 0.15) is 213 Å². The van der Waals surface area contributed by atoms with Gasteiger partial charge in [0.05, 0.1) is 25.2 Å². The van der Waals surface area contributed by atoms with Crippen molar-refractivity contribution in [2.75, 3.05) is 6.61 Å². The zero-order valence-corrected chi connectivity index (χ0v) is 36.0. The molecule has 0 spiro atoms. The van der Waals surface area contributed by atoms with Gasteiger partial charge in [-0.1, -0.05) is 197 Å². The second kappa shape index (κ2) is 42.7. The number of carbonyl (C=O) groups excluding carboxylic acids is 2. The Labute approximate surface area is 339 Å². The lowest BCUT2D eigenvalue weighted by atomic mass is 10.0. The molecule has 0 aliphatic heterocycles. The minimum atomic E-state index is -0.800. The highest BCUT2D eigenvalue weighted by Crippen LogP contribution is 2.16. The third-order valence-corrected chi connectivity index (χ3v) is 10.2. The number of esters is 1. The molecule has 0 aromatic carbocycles. The number of carbonyl (C=O) groups is 2. The largest absolute Gasteiger partial charge is 0.462 e. The van der Waals surface area contributed by atoms with Gasteiger partial charge >= 0.3 is 5.97 Å². The molecule has 3 atom stereocenters. The number of amides is 1. The van der Waals surface area contributed by atoms with E-state index in [4.69, 9.17) is 4.74 Å². The first-order valence-electron chi connectivity index (χ1n) is 23.1. The van der Waals surface area contributed by atoms with Crippen molar-refractivity contribution in [3.63, 3.8) is 0 Å². The van der Waals surface area contributed by atoms with Crippen LogP contribution in [-0.2, 0) is 14.3 Å². The first-order chi connectivity index (χ1) is 27.0. The highest BCUT2D eigenvalue weighted by atomic mass is 16.5. The summed E-state index contributed by atoms with van der Waals surface area (Å²) < 4.78 is 5.86. The van der Waals surface area contributed by atoms with Crippen molar-refractivity contribution in [3.8, 4) is 0 Å². The van der Waals surface area contributed by atoms with E-state index in [9.17, 15) is 19.8 Å². The summed E-state index contributed by atoms with van der Waals surface area (Å²) in [5.41, 5.74) is 0. The molecule has 318 valence electrons. The summed E-state index contributed by atoms with van der Waals surface area (Å²) in [6.45, 7) is 6.29. The van der Waals surface area contributed by atoms with Crippen molar-refractivity contribution >= 4 is 11.9 Å². The van der Waals surface area contributed by atoms with Gasteiger partial charge in [-0.2, -0.15) is 0 Å². The summed E-state index contributed by atoms with van der Waals surface area (Å²) in [6.07, 6.45) is 51.4. The zero-order chi connectivity index (χ0) is 40.3. The van der Waals surface area contributed by atoms with Crippen LogP contribution in [0.15, 0.2) is 60.8 Å². The van der Waals surface area contributed by atoms with E-state index in [0.717, 1.165) is 70.6 Å². The second-order valence-corrected chi connectivity index (χ2v) is 15.5. The fraction of sp³-hybridized carbons (Fsp3) is 0.755. The van der Waals surface area contributed by atoms with Gasteiger partial charge in [0.25, 0.3) is 0 Å². The van der Waals surface area contributed by atoms with Crippen LogP contribution >= 0.6 is 0 Å². The number of ether oxygens (including phenoxy) is 1. The average Bonchev–Trinajstić information content (AvgIpc) is 3.18. The summed E-state index contributed by atoms with van der Waals surface area (Å²) in [5, 5.41) is 23.6. The van der Waals surface area contributed by atoms with Gasteiger partial charge in [-0.05, 0) is 64.2 Å². The second-order valence-electron chi connectivity index (χ2n) is 15.5. The molecular weight excluding hydrogens is 683 g/mol. The van der Waals surface area contributed by atoms with Gasteiger partial charge < -0.3 is 20.3 Å². The Morgan fingerprint density at radius 2 is 1.02 bits per heavy atom. The highest BCUT2D eigenvalue weighted by molar-refractivity contribution is 5.77. The molecule has 1 amide bonds. The van der Waals surface area contributed by atoms with Gasteiger partial charge in [0, 0.05) is 6.42 Å². The number of hydrogen-bond acceptors (Lipinski definition) is 5. The summed E-state index contributed by atoms with van der Waals surface area (Å²) in [4.78, 5) is 25.9. The number of aliphatic hydroxyl groups is 2. The first kappa shape index (κ1) is 52.6. The maximum Gasteiger partial charge on any atom is 0.306 e. The predicted octanol–water partition coefficient (Wildman–Crippen LogP) is 13.3. The summed E-state index contributed by atoms with van der Waals surface area (Å²) in [6, 6.07) is -0.717. The fourth-order valence-electron chi connectivity index (χ4n) is 6.68. The van der Waals surface area contributed by atoms with Crippen molar-refractivity contribution in [2.24, 2.45) is 0 Å². The summed E-state index contributed by atoms with van der Waals surface area (Å²) >= 11 is 0. The molecule has 0 aliphatic carbocycles. The normalized spacial score (nSPS) is 13.9. The number of unbranched alkanes of at least 4 members (excludes halogenated alkanes) is 21. The number of nitrogens with one attached hydrogen (secondary N) is 1. The van der Waals surface area contributed by atoms with Crippen LogP contribution in [-0.4, -0.2) is 46.9 Å². The Balaban J connectivity index is 4.68. The molecule has 0 radical (unpaired) electrons. The number of aliphatic hydroxyl groups excluding tert-OH is 2. The van der Waals surface area contributed by atoms with Gasteiger partial charge in [0.1, 0.15) is 6.10 Å². The molecule has 6 heteroatoms. The summed E-state index contributed by atoms with van der Waals surface area (Å²) in [5.74, 6) is -0.553. The molecule has 0 fully saturated rings. The topological polar surface area (TPSA) is 95.9 Å². The average molecular weight is 770 g/mol. The van der Waals surface area contributed by atoms with Crippen molar-refractivity contribution in [1.29, 1.82) is 0 Å². The molecule has 3 N–H and O–H groups in total. The Hall–Kier alpha value is -2.44. The Morgan fingerprint density at radius 3 is 1.58 bits per heavy atom. The van der Waals surface area contributed by atoms with Crippen LogP contribution < -0.4 is 5.32 Å². The number of rotatable bonds is 40. The van der Waals surface area contributed by atoms with Crippen LogP contribution in [0.25, 0.3) is 0 Å². The smallest absolute Gasteiger partial charge is 0.306 e. The van der Waals surface area contributed by atoms with E-state index >= 15 is 0 Å². The third-order valence-electron chi connectivity index (χ3n) is 10.2. The van der Waals surface area contributed by atoms with Crippen LogP contribution in [0, 0.1) is 0 Å². The number of hydrogen-bond donors (Lipinski definition) is 3. The van der Waals surface area contributed by atoms with Crippen molar-refractivity contribution in [1.82, 2.24) is 5.32 Å². The maximum atomic E-state index is 13.1. The maximum absolute atomic E-state index is 13.1. The van der Waals surface area contributed by atoms with Crippen LogP contribution in [0.2, 0.25) is 0 Å². The third kappa shape index (κ3) is 38.2. The minimum Gasteiger partial charge on any atom is -0.462 e. The van der Waals surface area contributed by atoms with Gasteiger partial charge in [0.15, 0.2) is 0 Å². The molecule has 0 aromatic heterocycles. The van der Waals surface area contributed by atoms with Gasteiger partial charge in [-0.3, -0.25) is 9.59 Å². The molecular formula is C49H87NO5. The van der Waals surface area contributed by atoms with E-state index in [1.54, 1.807) is 0 Å². The molecule has 3 unspecified atom stereocenters.